The Hall–Kier alpha value is -0.320. The first-order valence-electron chi connectivity index (χ1n) is 14.2. The molecule has 0 radical (unpaired) electrons. The minimum atomic E-state index is 0.388. The molecule has 35 heavy (non-hydrogen) atoms. The van der Waals surface area contributed by atoms with E-state index in [4.69, 9.17) is 33.2 Å². The Morgan fingerprint density at radius 3 is 1.29 bits per heavy atom. The molecule has 1 rings (SSSR count). The first-order chi connectivity index (χ1) is 17.4. The van der Waals surface area contributed by atoms with Gasteiger partial charge in [0.1, 0.15) is 0 Å². The fourth-order valence-corrected chi connectivity index (χ4v) is 3.78. The van der Waals surface area contributed by atoms with Gasteiger partial charge in [-0.2, -0.15) is 0 Å². The third-order valence-electron chi connectivity index (χ3n) is 5.87. The van der Waals surface area contributed by atoms with Crippen LogP contribution in [-0.2, 0) is 33.2 Å². The van der Waals surface area contributed by atoms with Crippen LogP contribution in [0.15, 0.2) is 0 Å². The van der Waals surface area contributed by atoms with Crippen LogP contribution in [0.3, 0.4) is 0 Å². The number of hydrogen-bond acceptors (Lipinski definition) is 8. The van der Waals surface area contributed by atoms with Crippen LogP contribution < -0.4 is 5.32 Å². The van der Waals surface area contributed by atoms with Crippen LogP contribution in [0.4, 0.5) is 0 Å². The van der Waals surface area contributed by atoms with Gasteiger partial charge in [0.25, 0.3) is 0 Å². The van der Waals surface area contributed by atoms with Gasteiger partial charge in [0.15, 0.2) is 0 Å². The van der Waals surface area contributed by atoms with Crippen LogP contribution in [0.25, 0.3) is 0 Å². The van der Waals surface area contributed by atoms with Crippen molar-refractivity contribution in [3.05, 3.63) is 0 Å². The summed E-state index contributed by atoms with van der Waals surface area (Å²) in [6.45, 7) is 12.4. The van der Waals surface area contributed by atoms with Crippen LogP contribution in [0.2, 0.25) is 0 Å². The van der Waals surface area contributed by atoms with E-state index in [0.29, 0.717) is 85.4 Å². The van der Waals surface area contributed by atoms with Crippen molar-refractivity contribution in [2.75, 3.05) is 99.0 Å². The Kier molecular flexibility index (Phi) is 26.4. The standard InChI is InChI=1S/C27H55NO7/c1-2-3-4-5-6-7-8-9-14-29-15-16-30-17-18-31-19-20-32-21-22-33-23-24-34-25-26-35-27-10-12-28-13-11-27/h27-28H,2-26H2,1H3. The van der Waals surface area contributed by atoms with E-state index in [1.165, 1.54) is 44.9 Å². The molecule has 0 unspecified atom stereocenters. The Labute approximate surface area is 215 Å². The summed E-state index contributed by atoms with van der Waals surface area (Å²) < 4.78 is 38.9. The summed E-state index contributed by atoms with van der Waals surface area (Å²) in [7, 11) is 0. The lowest BCUT2D eigenvalue weighted by Gasteiger charge is -2.22. The van der Waals surface area contributed by atoms with Crippen molar-refractivity contribution < 1.29 is 33.2 Å². The lowest BCUT2D eigenvalue weighted by molar-refractivity contribution is -0.0306. The molecule has 8 heteroatoms. The monoisotopic (exact) mass is 505 g/mol. The number of ether oxygens (including phenoxy) is 7. The lowest BCUT2D eigenvalue weighted by atomic mass is 10.1. The molecule has 0 aromatic heterocycles. The molecule has 0 amide bonds. The summed E-state index contributed by atoms with van der Waals surface area (Å²) in [4.78, 5) is 0. The van der Waals surface area contributed by atoms with Gasteiger partial charge in [-0.05, 0) is 32.4 Å². The van der Waals surface area contributed by atoms with Crippen molar-refractivity contribution in [2.24, 2.45) is 0 Å². The van der Waals surface area contributed by atoms with Gasteiger partial charge in [-0.25, -0.2) is 0 Å². The predicted octanol–water partition coefficient (Wildman–Crippen LogP) is 4.00. The van der Waals surface area contributed by atoms with Gasteiger partial charge >= 0.3 is 0 Å². The summed E-state index contributed by atoms with van der Waals surface area (Å²) in [6.07, 6.45) is 13.2. The lowest BCUT2D eigenvalue weighted by Crippen LogP contribution is -2.33. The summed E-state index contributed by atoms with van der Waals surface area (Å²) in [6, 6.07) is 0. The van der Waals surface area contributed by atoms with Gasteiger partial charge in [0.05, 0.1) is 85.4 Å². The highest BCUT2D eigenvalue weighted by Gasteiger charge is 2.12. The molecule has 210 valence electrons. The highest BCUT2D eigenvalue weighted by atomic mass is 16.6. The zero-order valence-corrected chi connectivity index (χ0v) is 22.6. The fraction of sp³-hybridized carbons (Fsp3) is 1.00. The molecule has 0 aromatic rings. The van der Waals surface area contributed by atoms with Gasteiger partial charge in [-0.3, -0.25) is 0 Å². The maximum Gasteiger partial charge on any atom is 0.0704 e. The van der Waals surface area contributed by atoms with Crippen molar-refractivity contribution in [1.29, 1.82) is 0 Å². The molecule has 0 aromatic carbocycles. The van der Waals surface area contributed by atoms with E-state index in [-0.39, 0.29) is 0 Å². The number of unbranched alkanes of at least 4 members (excludes halogenated alkanes) is 7. The van der Waals surface area contributed by atoms with Crippen LogP contribution in [0.5, 0.6) is 0 Å². The topological polar surface area (TPSA) is 76.6 Å². The molecule has 8 nitrogen and oxygen atoms in total. The highest BCUT2D eigenvalue weighted by molar-refractivity contribution is 4.67. The Balaban J connectivity index is 1.61. The van der Waals surface area contributed by atoms with E-state index >= 15 is 0 Å². The minimum Gasteiger partial charge on any atom is -0.379 e. The van der Waals surface area contributed by atoms with E-state index in [1.54, 1.807) is 0 Å². The van der Waals surface area contributed by atoms with E-state index in [1.807, 2.05) is 0 Å². The number of piperidine rings is 1. The third-order valence-corrected chi connectivity index (χ3v) is 5.87. The number of hydrogen-bond donors (Lipinski definition) is 1. The maximum atomic E-state index is 5.79. The van der Waals surface area contributed by atoms with Gasteiger partial charge in [0, 0.05) is 6.61 Å². The van der Waals surface area contributed by atoms with E-state index in [2.05, 4.69) is 12.2 Å². The third kappa shape index (κ3) is 25.1. The maximum absolute atomic E-state index is 5.79. The SMILES string of the molecule is CCCCCCCCCCOCCOCCOCCOCCOCCOCCOC1CCNCC1. The second-order valence-electron chi connectivity index (χ2n) is 8.97. The van der Waals surface area contributed by atoms with Crippen LogP contribution in [0, 0.1) is 0 Å². The number of nitrogens with one attached hydrogen (secondary N) is 1. The summed E-state index contributed by atoms with van der Waals surface area (Å²) in [5, 5.41) is 3.33. The molecule has 1 saturated heterocycles. The molecular weight excluding hydrogens is 450 g/mol. The number of rotatable bonds is 28. The van der Waals surface area contributed by atoms with E-state index in [9.17, 15) is 0 Å². The molecule has 1 aliphatic heterocycles. The van der Waals surface area contributed by atoms with Gasteiger partial charge in [-0.15, -0.1) is 0 Å². The second kappa shape index (κ2) is 28.3. The van der Waals surface area contributed by atoms with Crippen molar-refractivity contribution in [3.63, 3.8) is 0 Å². The van der Waals surface area contributed by atoms with Crippen molar-refractivity contribution in [3.8, 4) is 0 Å². The molecule has 1 aliphatic rings. The van der Waals surface area contributed by atoms with Crippen molar-refractivity contribution in [2.45, 2.75) is 77.2 Å². The molecule has 0 bridgehead atoms. The first-order valence-corrected chi connectivity index (χ1v) is 14.2. The first kappa shape index (κ1) is 32.7. The zero-order chi connectivity index (χ0) is 24.9. The molecule has 1 fully saturated rings. The predicted molar refractivity (Wildman–Crippen MR) is 139 cm³/mol. The summed E-state index contributed by atoms with van der Waals surface area (Å²) >= 11 is 0. The molecule has 0 aliphatic carbocycles. The summed E-state index contributed by atoms with van der Waals surface area (Å²) in [5.74, 6) is 0. The highest BCUT2D eigenvalue weighted by Crippen LogP contribution is 2.08. The van der Waals surface area contributed by atoms with Gasteiger partial charge < -0.3 is 38.5 Å². The largest absolute Gasteiger partial charge is 0.379 e. The van der Waals surface area contributed by atoms with Crippen LogP contribution in [0.1, 0.15) is 71.1 Å². The normalized spacial score (nSPS) is 14.7. The average molecular weight is 506 g/mol. The summed E-state index contributed by atoms with van der Waals surface area (Å²) in [5.41, 5.74) is 0. The minimum absolute atomic E-state index is 0.388. The molecule has 1 N–H and O–H groups in total. The Morgan fingerprint density at radius 2 is 0.829 bits per heavy atom. The van der Waals surface area contributed by atoms with Crippen molar-refractivity contribution in [1.82, 2.24) is 5.32 Å². The average Bonchev–Trinajstić information content (AvgIpc) is 2.89. The zero-order valence-electron chi connectivity index (χ0n) is 22.6. The molecule has 0 saturated carbocycles. The van der Waals surface area contributed by atoms with Crippen molar-refractivity contribution >= 4 is 0 Å². The molecule has 0 atom stereocenters. The smallest absolute Gasteiger partial charge is 0.0704 e. The van der Waals surface area contributed by atoms with Crippen LogP contribution >= 0.6 is 0 Å². The van der Waals surface area contributed by atoms with Gasteiger partial charge in [-0.1, -0.05) is 51.9 Å². The molecular formula is C27H55NO7. The molecule has 0 spiro atoms. The van der Waals surface area contributed by atoms with E-state index < -0.39 is 0 Å². The Morgan fingerprint density at radius 1 is 0.457 bits per heavy atom. The fourth-order valence-electron chi connectivity index (χ4n) is 3.78. The quantitative estimate of drug-likeness (QED) is 0.160. The molecule has 1 heterocycles. The van der Waals surface area contributed by atoms with E-state index in [0.717, 1.165) is 39.0 Å². The Bertz CT molecular complexity index is 398. The second-order valence-corrected chi connectivity index (χ2v) is 8.97. The van der Waals surface area contributed by atoms with Gasteiger partial charge in [0.2, 0.25) is 0 Å². The van der Waals surface area contributed by atoms with Crippen LogP contribution in [-0.4, -0.2) is 105 Å².